The van der Waals surface area contributed by atoms with E-state index < -0.39 is 27.0 Å². The zero-order valence-corrected chi connectivity index (χ0v) is 14.3. The lowest BCUT2D eigenvalue weighted by Crippen LogP contribution is -1.97. The van der Waals surface area contributed by atoms with Crippen LogP contribution in [0, 0.1) is 20.2 Å². The SMILES string of the molecule is O=[N+]([O-])c1cc(C=NNc2nc(-c3ccccc3)cs2)c(O)c([N+](=O)[O-])c1. The lowest BCUT2D eigenvalue weighted by molar-refractivity contribution is -0.394. The normalized spacial score (nSPS) is 10.8. The number of nitro groups is 2. The summed E-state index contributed by atoms with van der Waals surface area (Å²) in [7, 11) is 0. The highest BCUT2D eigenvalue weighted by Crippen LogP contribution is 2.33. The van der Waals surface area contributed by atoms with E-state index in [9.17, 15) is 25.3 Å². The van der Waals surface area contributed by atoms with E-state index in [0.29, 0.717) is 11.2 Å². The molecule has 0 aliphatic heterocycles. The van der Waals surface area contributed by atoms with Gasteiger partial charge in [0.2, 0.25) is 10.9 Å². The summed E-state index contributed by atoms with van der Waals surface area (Å²) in [6, 6.07) is 11.2. The highest BCUT2D eigenvalue weighted by Gasteiger charge is 2.23. The molecule has 0 aliphatic rings. The van der Waals surface area contributed by atoms with Crippen molar-refractivity contribution in [3.8, 4) is 17.0 Å². The van der Waals surface area contributed by atoms with E-state index in [4.69, 9.17) is 0 Å². The molecule has 3 rings (SSSR count). The van der Waals surface area contributed by atoms with E-state index in [-0.39, 0.29) is 5.56 Å². The summed E-state index contributed by atoms with van der Waals surface area (Å²) in [6.07, 6.45) is 1.05. The maximum absolute atomic E-state index is 10.9. The number of aromatic nitrogens is 1. The van der Waals surface area contributed by atoms with Gasteiger partial charge in [0.05, 0.1) is 33.4 Å². The predicted octanol–water partition coefficient (Wildman–Crippen LogP) is 3.78. The van der Waals surface area contributed by atoms with Crippen LogP contribution in [-0.4, -0.2) is 26.2 Å². The molecular formula is C16H11N5O5S. The molecule has 1 heterocycles. The molecular weight excluding hydrogens is 374 g/mol. The fraction of sp³-hybridized carbons (Fsp3) is 0. The second-order valence-corrected chi connectivity index (χ2v) is 6.05. The summed E-state index contributed by atoms with van der Waals surface area (Å²) in [6.45, 7) is 0. The minimum atomic E-state index is -0.903. The molecule has 11 heteroatoms. The standard InChI is InChI=1S/C16H11N5O5S/c22-15-11(6-12(20(23)24)7-14(15)21(25)26)8-17-19-16-18-13(9-27-16)10-4-2-1-3-5-10/h1-9,22H,(H,18,19). The molecule has 0 saturated carbocycles. The van der Waals surface area contributed by atoms with Crippen LogP contribution in [0.2, 0.25) is 0 Å². The molecule has 0 amide bonds. The Morgan fingerprint density at radius 1 is 1.15 bits per heavy atom. The van der Waals surface area contributed by atoms with Gasteiger partial charge in [0.1, 0.15) is 0 Å². The van der Waals surface area contributed by atoms with Gasteiger partial charge in [-0.15, -0.1) is 11.3 Å². The van der Waals surface area contributed by atoms with Gasteiger partial charge in [-0.25, -0.2) is 4.98 Å². The van der Waals surface area contributed by atoms with E-state index >= 15 is 0 Å². The number of benzene rings is 2. The molecule has 0 fully saturated rings. The van der Waals surface area contributed by atoms with E-state index in [2.05, 4.69) is 15.5 Å². The topological polar surface area (TPSA) is 144 Å². The van der Waals surface area contributed by atoms with E-state index in [1.807, 2.05) is 35.7 Å². The average molecular weight is 385 g/mol. The highest BCUT2D eigenvalue weighted by atomic mass is 32.1. The van der Waals surface area contributed by atoms with Gasteiger partial charge in [-0.3, -0.25) is 25.7 Å². The average Bonchev–Trinajstić information content (AvgIpc) is 3.12. The molecule has 0 aliphatic carbocycles. The van der Waals surface area contributed by atoms with Crippen molar-refractivity contribution in [2.75, 3.05) is 5.43 Å². The number of phenolic OH excluding ortho intramolecular Hbond substituents is 1. The van der Waals surface area contributed by atoms with Crippen LogP contribution in [0.5, 0.6) is 5.75 Å². The predicted molar refractivity (Wildman–Crippen MR) is 100 cm³/mol. The fourth-order valence-electron chi connectivity index (χ4n) is 2.19. The van der Waals surface area contributed by atoms with Gasteiger partial charge >= 0.3 is 5.69 Å². The first-order chi connectivity index (χ1) is 13.0. The van der Waals surface area contributed by atoms with Crippen LogP contribution in [0.3, 0.4) is 0 Å². The summed E-state index contributed by atoms with van der Waals surface area (Å²) >= 11 is 1.28. The molecule has 3 aromatic rings. The van der Waals surface area contributed by atoms with Gasteiger partial charge in [-0.1, -0.05) is 30.3 Å². The minimum Gasteiger partial charge on any atom is -0.502 e. The molecule has 27 heavy (non-hydrogen) atoms. The summed E-state index contributed by atoms with van der Waals surface area (Å²) < 4.78 is 0. The van der Waals surface area contributed by atoms with Gasteiger partial charge in [0.25, 0.3) is 5.69 Å². The lowest BCUT2D eigenvalue weighted by Gasteiger charge is -2.01. The Bertz CT molecular complexity index is 1030. The van der Waals surface area contributed by atoms with Crippen molar-refractivity contribution in [2.45, 2.75) is 0 Å². The van der Waals surface area contributed by atoms with Crippen LogP contribution in [0.4, 0.5) is 16.5 Å². The summed E-state index contributed by atoms with van der Waals surface area (Å²) in [5, 5.41) is 37.9. The van der Waals surface area contributed by atoms with Crippen LogP contribution in [0.15, 0.2) is 52.9 Å². The maximum atomic E-state index is 10.9. The molecule has 0 bridgehead atoms. The number of thiazole rings is 1. The number of phenols is 1. The molecule has 0 unspecified atom stereocenters. The minimum absolute atomic E-state index is 0.164. The molecule has 0 spiro atoms. The smallest absolute Gasteiger partial charge is 0.318 e. The molecule has 136 valence electrons. The van der Waals surface area contributed by atoms with Crippen molar-refractivity contribution < 1.29 is 15.0 Å². The van der Waals surface area contributed by atoms with Crippen molar-refractivity contribution in [2.24, 2.45) is 5.10 Å². The monoisotopic (exact) mass is 385 g/mol. The van der Waals surface area contributed by atoms with Crippen molar-refractivity contribution >= 4 is 34.1 Å². The molecule has 10 nitrogen and oxygen atoms in total. The van der Waals surface area contributed by atoms with Crippen LogP contribution in [-0.2, 0) is 0 Å². The molecule has 2 N–H and O–H groups in total. The third-order valence-corrected chi connectivity index (χ3v) is 4.20. The Balaban J connectivity index is 1.81. The first-order valence-corrected chi connectivity index (χ1v) is 8.29. The van der Waals surface area contributed by atoms with Crippen molar-refractivity contribution in [1.82, 2.24) is 4.98 Å². The number of aromatic hydroxyl groups is 1. The van der Waals surface area contributed by atoms with Crippen LogP contribution in [0.25, 0.3) is 11.3 Å². The van der Waals surface area contributed by atoms with Gasteiger partial charge in [-0.2, -0.15) is 5.10 Å². The number of nitro benzene ring substituents is 2. The Morgan fingerprint density at radius 2 is 1.89 bits per heavy atom. The first-order valence-electron chi connectivity index (χ1n) is 7.41. The third-order valence-electron chi connectivity index (χ3n) is 3.45. The molecule has 0 atom stereocenters. The van der Waals surface area contributed by atoms with Crippen LogP contribution in [0.1, 0.15) is 5.56 Å². The molecule has 0 saturated heterocycles. The van der Waals surface area contributed by atoms with Gasteiger partial charge < -0.3 is 5.11 Å². The van der Waals surface area contributed by atoms with E-state index in [0.717, 1.165) is 23.5 Å². The first kappa shape index (κ1) is 17.9. The number of anilines is 1. The van der Waals surface area contributed by atoms with Gasteiger partial charge in [0, 0.05) is 17.0 Å². The third kappa shape index (κ3) is 4.04. The zero-order chi connectivity index (χ0) is 19.4. The molecule has 2 aromatic carbocycles. The summed E-state index contributed by atoms with van der Waals surface area (Å²) in [5.41, 5.74) is 2.84. The summed E-state index contributed by atoms with van der Waals surface area (Å²) in [5.74, 6) is -0.708. The Morgan fingerprint density at radius 3 is 2.56 bits per heavy atom. The van der Waals surface area contributed by atoms with E-state index in [1.54, 1.807) is 0 Å². The van der Waals surface area contributed by atoms with Gasteiger partial charge in [-0.05, 0) is 0 Å². The van der Waals surface area contributed by atoms with Crippen molar-refractivity contribution in [1.29, 1.82) is 0 Å². The molecule has 1 aromatic heterocycles. The van der Waals surface area contributed by atoms with Crippen LogP contribution < -0.4 is 5.43 Å². The lowest BCUT2D eigenvalue weighted by atomic mass is 10.1. The Labute approximate surface area is 155 Å². The number of nitrogens with one attached hydrogen (secondary N) is 1. The number of hydrogen-bond acceptors (Lipinski definition) is 9. The number of non-ortho nitro benzene ring substituents is 1. The van der Waals surface area contributed by atoms with Crippen molar-refractivity contribution in [3.63, 3.8) is 0 Å². The second-order valence-electron chi connectivity index (χ2n) is 5.19. The fourth-order valence-corrected chi connectivity index (χ4v) is 2.86. The maximum Gasteiger partial charge on any atom is 0.318 e. The summed E-state index contributed by atoms with van der Waals surface area (Å²) in [4.78, 5) is 24.5. The Hall–Kier alpha value is -3.86. The van der Waals surface area contributed by atoms with E-state index in [1.165, 1.54) is 11.3 Å². The Kier molecular flexibility index (Phi) is 5.04. The van der Waals surface area contributed by atoms with Crippen LogP contribution >= 0.6 is 11.3 Å². The highest BCUT2D eigenvalue weighted by molar-refractivity contribution is 7.14. The zero-order valence-electron chi connectivity index (χ0n) is 13.5. The van der Waals surface area contributed by atoms with Gasteiger partial charge in [0.15, 0.2) is 0 Å². The second kappa shape index (κ2) is 7.58. The molecule has 0 radical (unpaired) electrons. The van der Waals surface area contributed by atoms with Crippen molar-refractivity contribution in [3.05, 3.63) is 73.6 Å². The number of nitrogens with zero attached hydrogens (tertiary/aromatic N) is 4. The number of rotatable bonds is 6. The number of hydrazone groups is 1. The number of hydrogen-bond donors (Lipinski definition) is 2. The largest absolute Gasteiger partial charge is 0.502 e. The quantitative estimate of drug-likeness (QED) is 0.373.